The number of benzene rings is 2. The van der Waals surface area contributed by atoms with Gasteiger partial charge in [-0.25, -0.2) is 0 Å². The van der Waals surface area contributed by atoms with Gasteiger partial charge in [-0.1, -0.05) is 18.2 Å². The maximum atomic E-state index is 3.47. The van der Waals surface area contributed by atoms with E-state index in [-0.39, 0.29) is 0 Å². The van der Waals surface area contributed by atoms with Gasteiger partial charge in [-0.15, -0.1) is 0 Å². The molecule has 1 aromatic heterocycles. The summed E-state index contributed by atoms with van der Waals surface area (Å²) in [6.07, 6.45) is 2.08. The minimum absolute atomic E-state index is 0.825. The molecule has 3 nitrogen and oxygen atoms in total. The quantitative estimate of drug-likeness (QED) is 0.751. The van der Waals surface area contributed by atoms with Crippen molar-refractivity contribution in [1.82, 2.24) is 4.98 Å². The number of aromatic amines is 1. The molecule has 0 aliphatic rings. The van der Waals surface area contributed by atoms with Crippen LogP contribution in [-0.2, 0) is 6.54 Å². The topological polar surface area (TPSA) is 31.1 Å². The molecule has 3 heteroatoms. The third-order valence-electron chi connectivity index (χ3n) is 3.54. The molecule has 20 heavy (non-hydrogen) atoms. The zero-order valence-corrected chi connectivity index (χ0v) is 11.9. The molecular weight excluding hydrogens is 246 g/mol. The van der Waals surface area contributed by atoms with E-state index in [1.807, 2.05) is 14.1 Å². The highest BCUT2D eigenvalue weighted by molar-refractivity contribution is 5.83. The predicted molar refractivity (Wildman–Crippen MR) is 86.4 cm³/mol. The molecule has 0 radical (unpaired) electrons. The zero-order chi connectivity index (χ0) is 13.9. The Labute approximate surface area is 119 Å². The van der Waals surface area contributed by atoms with E-state index in [1.54, 1.807) is 0 Å². The number of rotatable bonds is 4. The monoisotopic (exact) mass is 265 g/mol. The average Bonchev–Trinajstić information content (AvgIpc) is 2.89. The van der Waals surface area contributed by atoms with Crippen molar-refractivity contribution in [2.45, 2.75) is 6.54 Å². The summed E-state index contributed by atoms with van der Waals surface area (Å²) < 4.78 is 0. The molecule has 0 unspecified atom stereocenters. The SMILES string of the molecule is CN(C)c1ccc(NCc2c[nH]c3ccccc23)cc1. The minimum atomic E-state index is 0.825. The maximum Gasteiger partial charge on any atom is 0.0457 e. The number of nitrogens with zero attached hydrogens (tertiary/aromatic N) is 1. The van der Waals surface area contributed by atoms with Crippen LogP contribution in [0.15, 0.2) is 54.7 Å². The van der Waals surface area contributed by atoms with Crippen LogP contribution in [0.2, 0.25) is 0 Å². The molecule has 0 aliphatic heterocycles. The third kappa shape index (κ3) is 2.48. The Balaban J connectivity index is 1.73. The van der Waals surface area contributed by atoms with Crippen LogP contribution in [0.1, 0.15) is 5.56 Å². The Kier molecular flexibility index (Phi) is 3.33. The summed E-state index contributed by atoms with van der Waals surface area (Å²) in [4.78, 5) is 5.40. The first kappa shape index (κ1) is 12.6. The fourth-order valence-corrected chi connectivity index (χ4v) is 2.35. The van der Waals surface area contributed by atoms with Crippen molar-refractivity contribution >= 4 is 22.3 Å². The highest BCUT2D eigenvalue weighted by Crippen LogP contribution is 2.20. The summed E-state index contributed by atoms with van der Waals surface area (Å²) in [7, 11) is 4.10. The molecule has 0 saturated carbocycles. The Hall–Kier alpha value is -2.42. The second-order valence-corrected chi connectivity index (χ2v) is 5.15. The van der Waals surface area contributed by atoms with Gasteiger partial charge in [0, 0.05) is 49.1 Å². The Morgan fingerprint density at radius 1 is 1.00 bits per heavy atom. The van der Waals surface area contributed by atoms with E-state index in [9.17, 15) is 0 Å². The van der Waals surface area contributed by atoms with E-state index in [0.717, 1.165) is 12.2 Å². The van der Waals surface area contributed by atoms with Gasteiger partial charge in [-0.05, 0) is 35.9 Å². The average molecular weight is 265 g/mol. The fourth-order valence-electron chi connectivity index (χ4n) is 2.35. The van der Waals surface area contributed by atoms with Crippen LogP contribution >= 0.6 is 0 Å². The van der Waals surface area contributed by atoms with Crippen LogP contribution in [0.3, 0.4) is 0 Å². The lowest BCUT2D eigenvalue weighted by Crippen LogP contribution is -2.08. The number of fused-ring (bicyclic) bond motifs is 1. The molecule has 0 amide bonds. The van der Waals surface area contributed by atoms with E-state index >= 15 is 0 Å². The maximum absolute atomic E-state index is 3.47. The number of hydrogen-bond acceptors (Lipinski definition) is 2. The van der Waals surface area contributed by atoms with Crippen molar-refractivity contribution in [3.05, 3.63) is 60.3 Å². The summed E-state index contributed by atoms with van der Waals surface area (Å²) in [5.74, 6) is 0. The number of para-hydroxylation sites is 1. The summed E-state index contributed by atoms with van der Waals surface area (Å²) in [5, 5.41) is 4.75. The molecular formula is C17H19N3. The lowest BCUT2D eigenvalue weighted by molar-refractivity contribution is 1.13. The molecule has 102 valence electrons. The van der Waals surface area contributed by atoms with Gasteiger partial charge in [0.05, 0.1) is 0 Å². The van der Waals surface area contributed by atoms with Gasteiger partial charge in [0.25, 0.3) is 0 Å². The van der Waals surface area contributed by atoms with Gasteiger partial charge < -0.3 is 15.2 Å². The number of H-pyrrole nitrogens is 1. The van der Waals surface area contributed by atoms with Crippen LogP contribution in [0.5, 0.6) is 0 Å². The van der Waals surface area contributed by atoms with E-state index in [1.165, 1.54) is 22.2 Å². The van der Waals surface area contributed by atoms with Crippen LogP contribution in [0.4, 0.5) is 11.4 Å². The second-order valence-electron chi connectivity index (χ2n) is 5.15. The second kappa shape index (κ2) is 5.29. The molecule has 0 atom stereocenters. The molecule has 3 rings (SSSR count). The standard InChI is InChI=1S/C17H19N3/c1-20(2)15-9-7-14(8-10-15)18-11-13-12-19-17-6-4-3-5-16(13)17/h3-10,12,18-19H,11H2,1-2H3. The molecule has 2 aromatic carbocycles. The Morgan fingerprint density at radius 3 is 2.50 bits per heavy atom. The first-order chi connectivity index (χ1) is 9.74. The van der Waals surface area contributed by atoms with Gasteiger partial charge in [0.1, 0.15) is 0 Å². The van der Waals surface area contributed by atoms with E-state index < -0.39 is 0 Å². The van der Waals surface area contributed by atoms with E-state index in [0.29, 0.717) is 0 Å². The highest BCUT2D eigenvalue weighted by Gasteiger charge is 2.02. The molecule has 3 aromatic rings. The van der Waals surface area contributed by atoms with Crippen molar-refractivity contribution in [1.29, 1.82) is 0 Å². The Morgan fingerprint density at radius 2 is 1.75 bits per heavy atom. The molecule has 0 spiro atoms. The third-order valence-corrected chi connectivity index (χ3v) is 3.54. The van der Waals surface area contributed by atoms with Crippen LogP contribution in [-0.4, -0.2) is 19.1 Å². The van der Waals surface area contributed by atoms with Crippen molar-refractivity contribution in [3.8, 4) is 0 Å². The summed E-state index contributed by atoms with van der Waals surface area (Å²) in [5.41, 5.74) is 4.83. The van der Waals surface area contributed by atoms with E-state index in [2.05, 4.69) is 69.9 Å². The first-order valence-electron chi connectivity index (χ1n) is 6.80. The minimum Gasteiger partial charge on any atom is -0.381 e. The van der Waals surface area contributed by atoms with Crippen molar-refractivity contribution in [3.63, 3.8) is 0 Å². The molecule has 0 saturated heterocycles. The molecule has 0 aliphatic carbocycles. The van der Waals surface area contributed by atoms with Gasteiger partial charge in [0.2, 0.25) is 0 Å². The molecule has 1 heterocycles. The zero-order valence-electron chi connectivity index (χ0n) is 11.9. The lowest BCUT2D eigenvalue weighted by Gasteiger charge is -2.13. The summed E-state index contributed by atoms with van der Waals surface area (Å²) in [6, 6.07) is 16.9. The largest absolute Gasteiger partial charge is 0.381 e. The van der Waals surface area contributed by atoms with Crippen LogP contribution in [0.25, 0.3) is 10.9 Å². The number of nitrogens with one attached hydrogen (secondary N) is 2. The summed E-state index contributed by atoms with van der Waals surface area (Å²) in [6.45, 7) is 0.825. The van der Waals surface area contributed by atoms with Crippen LogP contribution < -0.4 is 10.2 Å². The number of anilines is 2. The summed E-state index contributed by atoms with van der Waals surface area (Å²) >= 11 is 0. The fraction of sp³-hybridized carbons (Fsp3) is 0.176. The Bertz CT molecular complexity index is 696. The van der Waals surface area contributed by atoms with Crippen molar-refractivity contribution < 1.29 is 0 Å². The number of hydrogen-bond donors (Lipinski definition) is 2. The van der Waals surface area contributed by atoms with Crippen molar-refractivity contribution in [2.75, 3.05) is 24.3 Å². The smallest absolute Gasteiger partial charge is 0.0457 e. The van der Waals surface area contributed by atoms with Crippen molar-refractivity contribution in [2.24, 2.45) is 0 Å². The normalized spacial score (nSPS) is 10.7. The highest BCUT2D eigenvalue weighted by atomic mass is 15.1. The molecule has 0 bridgehead atoms. The lowest BCUT2D eigenvalue weighted by atomic mass is 10.1. The first-order valence-corrected chi connectivity index (χ1v) is 6.80. The van der Waals surface area contributed by atoms with E-state index in [4.69, 9.17) is 0 Å². The molecule has 2 N–H and O–H groups in total. The van der Waals surface area contributed by atoms with Crippen LogP contribution in [0, 0.1) is 0 Å². The predicted octanol–water partition coefficient (Wildman–Crippen LogP) is 3.85. The number of aromatic nitrogens is 1. The van der Waals surface area contributed by atoms with Gasteiger partial charge in [0.15, 0.2) is 0 Å². The van der Waals surface area contributed by atoms with Gasteiger partial charge >= 0.3 is 0 Å². The molecule has 0 fully saturated rings. The van der Waals surface area contributed by atoms with Gasteiger partial charge in [-0.3, -0.25) is 0 Å². The van der Waals surface area contributed by atoms with Gasteiger partial charge in [-0.2, -0.15) is 0 Å².